The number of para-hydroxylation sites is 2. The Morgan fingerprint density at radius 2 is 1.45 bits per heavy atom. The van der Waals surface area contributed by atoms with E-state index in [0.29, 0.717) is 0 Å². The number of hydrogen-bond donors (Lipinski definition) is 0. The molecule has 2 heteroatoms. The van der Waals surface area contributed by atoms with Crippen molar-refractivity contribution in [2.45, 2.75) is 25.7 Å². The van der Waals surface area contributed by atoms with Crippen molar-refractivity contribution in [3.63, 3.8) is 0 Å². The Kier molecular flexibility index (Phi) is 7.55. The van der Waals surface area contributed by atoms with Crippen molar-refractivity contribution < 1.29 is 0 Å². The summed E-state index contributed by atoms with van der Waals surface area (Å²) in [5, 5.41) is 0. The lowest BCUT2D eigenvalue weighted by Gasteiger charge is -2.29. The summed E-state index contributed by atoms with van der Waals surface area (Å²) in [5.41, 5.74) is 17.5. The molecule has 5 aromatic carbocycles. The van der Waals surface area contributed by atoms with Crippen LogP contribution in [0.15, 0.2) is 181 Å². The summed E-state index contributed by atoms with van der Waals surface area (Å²) >= 11 is 0. The van der Waals surface area contributed by atoms with Crippen molar-refractivity contribution in [2.75, 3.05) is 16.8 Å². The van der Waals surface area contributed by atoms with E-state index >= 15 is 0 Å². The van der Waals surface area contributed by atoms with Crippen LogP contribution in [0.5, 0.6) is 0 Å². The van der Waals surface area contributed by atoms with Crippen LogP contribution >= 0.6 is 0 Å². The van der Waals surface area contributed by atoms with Gasteiger partial charge in [0, 0.05) is 41.1 Å². The molecule has 0 spiro atoms. The molecular formula is C45H38N2. The van der Waals surface area contributed by atoms with E-state index in [2.05, 4.69) is 169 Å². The van der Waals surface area contributed by atoms with Crippen LogP contribution in [0.3, 0.4) is 0 Å². The summed E-state index contributed by atoms with van der Waals surface area (Å²) in [7, 11) is 2.19. The molecule has 2 nitrogen and oxygen atoms in total. The molecule has 0 aromatic heterocycles. The van der Waals surface area contributed by atoms with Gasteiger partial charge < -0.3 is 9.80 Å². The largest absolute Gasteiger partial charge is 0.348 e. The maximum Gasteiger partial charge on any atom is 0.0496 e. The van der Waals surface area contributed by atoms with E-state index in [-0.39, 0.29) is 0 Å². The van der Waals surface area contributed by atoms with Gasteiger partial charge in [0.05, 0.1) is 0 Å². The molecule has 228 valence electrons. The Hall–Kier alpha value is -5.60. The first-order valence-corrected chi connectivity index (χ1v) is 16.6. The van der Waals surface area contributed by atoms with Crippen LogP contribution in [0.1, 0.15) is 29.5 Å². The highest BCUT2D eigenvalue weighted by molar-refractivity contribution is 5.91. The van der Waals surface area contributed by atoms with Crippen LogP contribution < -0.4 is 9.80 Å². The molecule has 47 heavy (non-hydrogen) atoms. The fourth-order valence-corrected chi connectivity index (χ4v) is 7.44. The van der Waals surface area contributed by atoms with Crippen LogP contribution in [0.4, 0.5) is 17.1 Å². The van der Waals surface area contributed by atoms with Crippen molar-refractivity contribution in [2.24, 2.45) is 0 Å². The summed E-state index contributed by atoms with van der Waals surface area (Å²) < 4.78 is 0. The molecule has 0 amide bonds. The monoisotopic (exact) mass is 606 g/mol. The molecular weight excluding hydrogens is 569 g/mol. The van der Waals surface area contributed by atoms with Crippen LogP contribution in [-0.2, 0) is 12.8 Å². The maximum absolute atomic E-state index is 4.73. The van der Waals surface area contributed by atoms with Crippen molar-refractivity contribution >= 4 is 17.1 Å². The summed E-state index contributed by atoms with van der Waals surface area (Å²) in [5.74, 6) is 0. The predicted molar refractivity (Wildman–Crippen MR) is 199 cm³/mol. The minimum Gasteiger partial charge on any atom is -0.348 e. The Balaban J connectivity index is 1.22. The Labute approximate surface area is 278 Å². The van der Waals surface area contributed by atoms with Gasteiger partial charge in [-0.15, -0.1) is 0 Å². The fraction of sp³-hybridized carbons (Fsp3) is 0.111. The number of allylic oxidation sites excluding steroid dienone is 8. The molecule has 1 aliphatic heterocycles. The highest BCUT2D eigenvalue weighted by Gasteiger charge is 2.25. The number of anilines is 3. The van der Waals surface area contributed by atoms with Gasteiger partial charge in [-0.3, -0.25) is 0 Å². The smallest absolute Gasteiger partial charge is 0.0496 e. The normalized spacial score (nSPS) is 17.1. The van der Waals surface area contributed by atoms with E-state index in [1.807, 2.05) is 0 Å². The van der Waals surface area contributed by atoms with Crippen molar-refractivity contribution in [1.29, 1.82) is 0 Å². The standard InChI is InChI=1S/C45H38N2/c1-32-29-35(40-23-10-12-26-44(40)46(2)38-21-7-4-8-22-38)19-13-18-34-17-9-11-25-43(34)47(32)39-27-28-42-37(31-39)30-36-20-14-24-41(45(36)42)33-15-5-3-6-16-33/h3-11,13-17,19-25,27-29,31H,1,12,18,26,30H2,2H3/b19-13-,35-29+. The summed E-state index contributed by atoms with van der Waals surface area (Å²) in [6, 6.07) is 43.9. The third kappa shape index (κ3) is 5.36. The Morgan fingerprint density at radius 1 is 0.681 bits per heavy atom. The summed E-state index contributed by atoms with van der Waals surface area (Å²) in [6.45, 7) is 4.73. The SMILES string of the molecule is C=C1/C=C(C2=C(N(C)c3ccccc3)CCC=C2)\C=C/Cc2ccccc2N1c1ccc2c(c1)Cc1cccc(-c3ccccc3)c1-2. The number of nitrogens with zero attached hydrogens (tertiary/aromatic N) is 2. The van der Waals surface area contributed by atoms with E-state index in [9.17, 15) is 0 Å². The fourth-order valence-electron chi connectivity index (χ4n) is 7.44. The summed E-state index contributed by atoms with van der Waals surface area (Å²) in [4.78, 5) is 4.70. The van der Waals surface area contributed by atoms with Gasteiger partial charge in [-0.2, -0.15) is 0 Å². The first-order valence-electron chi connectivity index (χ1n) is 16.6. The van der Waals surface area contributed by atoms with Gasteiger partial charge in [-0.25, -0.2) is 0 Å². The third-order valence-corrected chi connectivity index (χ3v) is 9.71. The van der Waals surface area contributed by atoms with Crippen molar-refractivity contribution in [1.82, 2.24) is 0 Å². The van der Waals surface area contributed by atoms with Gasteiger partial charge in [0.2, 0.25) is 0 Å². The van der Waals surface area contributed by atoms with Gasteiger partial charge in [0.15, 0.2) is 0 Å². The second-order valence-electron chi connectivity index (χ2n) is 12.6. The molecule has 0 N–H and O–H groups in total. The molecule has 0 radical (unpaired) electrons. The second kappa shape index (κ2) is 12.3. The lowest BCUT2D eigenvalue weighted by molar-refractivity contribution is 0.881. The number of fused-ring (bicyclic) bond motifs is 4. The first kappa shape index (κ1) is 28.8. The Morgan fingerprint density at radius 3 is 2.30 bits per heavy atom. The van der Waals surface area contributed by atoms with Crippen LogP contribution in [0.25, 0.3) is 22.3 Å². The minimum atomic E-state index is 0.842. The molecule has 0 saturated carbocycles. The lowest BCUT2D eigenvalue weighted by Crippen LogP contribution is -2.20. The molecule has 0 bridgehead atoms. The second-order valence-corrected chi connectivity index (χ2v) is 12.6. The predicted octanol–water partition coefficient (Wildman–Crippen LogP) is 11.4. The van der Waals surface area contributed by atoms with Gasteiger partial charge in [-0.1, -0.05) is 122 Å². The maximum atomic E-state index is 4.73. The van der Waals surface area contributed by atoms with E-state index in [4.69, 9.17) is 6.58 Å². The molecule has 0 atom stereocenters. The third-order valence-electron chi connectivity index (χ3n) is 9.71. The average molecular weight is 607 g/mol. The molecule has 1 heterocycles. The van der Waals surface area contributed by atoms with Gasteiger partial charge in [0.1, 0.15) is 0 Å². The molecule has 0 fully saturated rings. The zero-order chi connectivity index (χ0) is 31.7. The van der Waals surface area contributed by atoms with Crippen molar-refractivity contribution in [3.8, 4) is 22.3 Å². The van der Waals surface area contributed by atoms with Crippen LogP contribution in [0.2, 0.25) is 0 Å². The summed E-state index contributed by atoms with van der Waals surface area (Å²) in [6.07, 6.45) is 15.3. The minimum absolute atomic E-state index is 0.842. The molecule has 3 aliphatic rings. The highest BCUT2D eigenvalue weighted by Crippen LogP contribution is 2.46. The molecule has 0 saturated heterocycles. The van der Waals surface area contributed by atoms with Gasteiger partial charge in [0.25, 0.3) is 0 Å². The van der Waals surface area contributed by atoms with E-state index in [1.165, 1.54) is 67.2 Å². The van der Waals surface area contributed by atoms with E-state index < -0.39 is 0 Å². The quantitative estimate of drug-likeness (QED) is 0.193. The molecule has 2 aliphatic carbocycles. The number of rotatable bonds is 5. The first-order chi connectivity index (χ1) is 23.2. The van der Waals surface area contributed by atoms with Gasteiger partial charge >= 0.3 is 0 Å². The van der Waals surface area contributed by atoms with Crippen LogP contribution in [0, 0.1) is 0 Å². The highest BCUT2D eigenvalue weighted by atomic mass is 15.1. The van der Waals surface area contributed by atoms with Crippen molar-refractivity contribution in [3.05, 3.63) is 198 Å². The van der Waals surface area contributed by atoms with E-state index in [0.717, 1.165) is 37.1 Å². The average Bonchev–Trinajstić information content (AvgIpc) is 3.53. The van der Waals surface area contributed by atoms with E-state index in [1.54, 1.807) is 0 Å². The number of benzene rings is 5. The molecule has 0 unspecified atom stereocenters. The topological polar surface area (TPSA) is 6.48 Å². The number of hydrogen-bond acceptors (Lipinski definition) is 2. The zero-order valence-electron chi connectivity index (χ0n) is 26.9. The Bertz CT molecular complexity index is 2110. The zero-order valence-corrected chi connectivity index (χ0v) is 26.9. The lowest BCUT2D eigenvalue weighted by atomic mass is 9.94. The van der Waals surface area contributed by atoms with Gasteiger partial charge in [-0.05, 0) is 107 Å². The molecule has 5 aromatic rings. The molecule has 8 rings (SSSR count). The van der Waals surface area contributed by atoms with Crippen LogP contribution in [-0.4, -0.2) is 7.05 Å².